The molecule has 10 heteroatoms. The van der Waals surface area contributed by atoms with E-state index in [0.29, 0.717) is 18.7 Å². The number of hydrogen-bond acceptors (Lipinski definition) is 5. The molecule has 0 unspecified atom stereocenters. The highest BCUT2D eigenvalue weighted by atomic mass is 35.5. The van der Waals surface area contributed by atoms with Crippen molar-refractivity contribution in [3.05, 3.63) is 53.1 Å². The third kappa shape index (κ3) is 4.80. The number of amides is 2. The zero-order valence-electron chi connectivity index (χ0n) is 15.6. The lowest BCUT2D eigenvalue weighted by Crippen LogP contribution is -2.35. The molecule has 2 amide bonds. The van der Waals surface area contributed by atoms with Crippen LogP contribution in [0.25, 0.3) is 0 Å². The standard InChI is InChI=1S/C19H20ClN3O5S/c1-28-17-6-3-2-5-13(17)12-21-18(24)19(25)22-14-7-8-15(20)16(11-14)23-9-4-10-29(23,26)27/h2-3,5-8,11H,4,9-10,12H2,1H3,(H,21,24)(H,22,25). The molecule has 1 fully saturated rings. The van der Waals surface area contributed by atoms with Crippen LogP contribution in [-0.4, -0.2) is 39.6 Å². The molecule has 0 bridgehead atoms. The molecule has 0 saturated carbocycles. The number of nitrogens with zero attached hydrogens (tertiary/aromatic N) is 1. The molecule has 3 rings (SSSR count). The lowest BCUT2D eigenvalue weighted by Gasteiger charge is -2.19. The van der Waals surface area contributed by atoms with Crippen LogP contribution in [0.4, 0.5) is 11.4 Å². The number of para-hydroxylation sites is 1. The number of methoxy groups -OCH3 is 1. The normalized spacial score (nSPS) is 15.0. The number of ether oxygens (including phenoxy) is 1. The summed E-state index contributed by atoms with van der Waals surface area (Å²) in [6, 6.07) is 11.5. The summed E-state index contributed by atoms with van der Waals surface area (Å²) in [6.07, 6.45) is 0.501. The maximum Gasteiger partial charge on any atom is 0.313 e. The van der Waals surface area contributed by atoms with Crippen LogP contribution in [0.3, 0.4) is 0 Å². The summed E-state index contributed by atoms with van der Waals surface area (Å²) in [5.74, 6) is -1.06. The highest BCUT2D eigenvalue weighted by molar-refractivity contribution is 7.93. The van der Waals surface area contributed by atoms with Crippen LogP contribution in [0, 0.1) is 0 Å². The number of hydrogen-bond donors (Lipinski definition) is 2. The summed E-state index contributed by atoms with van der Waals surface area (Å²) in [5, 5.41) is 5.23. The minimum atomic E-state index is -3.43. The quantitative estimate of drug-likeness (QED) is 0.697. The topological polar surface area (TPSA) is 105 Å². The second-order valence-corrected chi connectivity index (χ2v) is 8.78. The van der Waals surface area contributed by atoms with E-state index in [1.807, 2.05) is 0 Å². The summed E-state index contributed by atoms with van der Waals surface area (Å²) in [5.41, 5.74) is 1.27. The van der Waals surface area contributed by atoms with Crippen LogP contribution in [-0.2, 0) is 26.2 Å². The van der Waals surface area contributed by atoms with Crippen LogP contribution in [0.1, 0.15) is 12.0 Å². The van der Waals surface area contributed by atoms with Gasteiger partial charge in [-0.3, -0.25) is 13.9 Å². The van der Waals surface area contributed by atoms with E-state index in [0.717, 1.165) is 5.56 Å². The summed E-state index contributed by atoms with van der Waals surface area (Å²) in [4.78, 5) is 24.3. The fourth-order valence-electron chi connectivity index (χ4n) is 2.98. The zero-order valence-corrected chi connectivity index (χ0v) is 17.2. The average Bonchev–Trinajstić information content (AvgIpc) is 3.06. The molecule has 0 atom stereocenters. The molecule has 2 N–H and O–H groups in total. The summed E-state index contributed by atoms with van der Waals surface area (Å²) in [6.45, 7) is 0.438. The van der Waals surface area contributed by atoms with Crippen molar-refractivity contribution in [2.24, 2.45) is 0 Å². The number of carbonyl (C=O) groups is 2. The van der Waals surface area contributed by atoms with Crippen molar-refractivity contribution in [3.63, 3.8) is 0 Å². The minimum absolute atomic E-state index is 0.0469. The third-order valence-electron chi connectivity index (χ3n) is 4.41. The van der Waals surface area contributed by atoms with Gasteiger partial charge < -0.3 is 15.4 Å². The Labute approximate surface area is 173 Å². The Hall–Kier alpha value is -2.78. The van der Waals surface area contributed by atoms with Gasteiger partial charge >= 0.3 is 11.8 Å². The van der Waals surface area contributed by atoms with Gasteiger partial charge in [-0.2, -0.15) is 0 Å². The van der Waals surface area contributed by atoms with Crippen LogP contribution >= 0.6 is 11.6 Å². The molecule has 0 aliphatic carbocycles. The van der Waals surface area contributed by atoms with E-state index in [2.05, 4.69) is 10.6 Å². The zero-order chi connectivity index (χ0) is 21.0. The van der Waals surface area contributed by atoms with Gasteiger partial charge in [0.25, 0.3) is 0 Å². The van der Waals surface area contributed by atoms with Crippen molar-refractivity contribution in [1.82, 2.24) is 5.32 Å². The molecule has 29 heavy (non-hydrogen) atoms. The third-order valence-corrected chi connectivity index (χ3v) is 6.59. The minimum Gasteiger partial charge on any atom is -0.496 e. The molecule has 0 aromatic heterocycles. The van der Waals surface area contributed by atoms with Crippen molar-refractivity contribution in [2.75, 3.05) is 29.0 Å². The van der Waals surface area contributed by atoms with Gasteiger partial charge in [-0.05, 0) is 30.7 Å². The molecular weight excluding hydrogens is 418 g/mol. The first-order valence-corrected chi connectivity index (χ1v) is 10.8. The summed E-state index contributed by atoms with van der Waals surface area (Å²) < 4.78 is 30.7. The van der Waals surface area contributed by atoms with Gasteiger partial charge in [0.1, 0.15) is 5.75 Å². The number of rotatable bonds is 5. The highest BCUT2D eigenvalue weighted by Crippen LogP contribution is 2.33. The molecule has 0 spiro atoms. The molecule has 2 aromatic carbocycles. The van der Waals surface area contributed by atoms with Crippen molar-refractivity contribution in [3.8, 4) is 5.75 Å². The van der Waals surface area contributed by atoms with Gasteiger partial charge in [0.05, 0.1) is 23.6 Å². The fourth-order valence-corrected chi connectivity index (χ4v) is 4.83. The van der Waals surface area contributed by atoms with Crippen molar-refractivity contribution in [2.45, 2.75) is 13.0 Å². The van der Waals surface area contributed by atoms with Crippen LogP contribution < -0.4 is 19.7 Å². The predicted molar refractivity (Wildman–Crippen MR) is 111 cm³/mol. The van der Waals surface area contributed by atoms with E-state index in [9.17, 15) is 18.0 Å². The first-order valence-electron chi connectivity index (χ1n) is 8.83. The Bertz CT molecular complexity index is 1040. The lowest BCUT2D eigenvalue weighted by molar-refractivity contribution is -0.136. The monoisotopic (exact) mass is 437 g/mol. The number of sulfonamides is 1. The van der Waals surface area contributed by atoms with Crippen molar-refractivity contribution >= 4 is 44.8 Å². The summed E-state index contributed by atoms with van der Waals surface area (Å²) in [7, 11) is -1.91. The van der Waals surface area contributed by atoms with Crippen LogP contribution in [0.5, 0.6) is 5.75 Å². The van der Waals surface area contributed by atoms with Crippen molar-refractivity contribution in [1.29, 1.82) is 0 Å². The van der Waals surface area contributed by atoms with Crippen LogP contribution in [0.2, 0.25) is 5.02 Å². The van der Waals surface area contributed by atoms with Gasteiger partial charge in [-0.1, -0.05) is 29.8 Å². The molecule has 1 aliphatic heterocycles. The Kier molecular flexibility index (Phi) is 6.29. The maximum absolute atomic E-state index is 12.2. The van der Waals surface area contributed by atoms with Gasteiger partial charge in [0, 0.05) is 24.3 Å². The maximum atomic E-state index is 12.2. The number of benzene rings is 2. The molecule has 154 valence electrons. The van der Waals surface area contributed by atoms with Crippen molar-refractivity contribution < 1.29 is 22.7 Å². The molecule has 8 nitrogen and oxygen atoms in total. The second kappa shape index (κ2) is 8.71. The molecular formula is C19H20ClN3O5S. The first-order chi connectivity index (χ1) is 13.8. The van der Waals surface area contributed by atoms with E-state index >= 15 is 0 Å². The van der Waals surface area contributed by atoms with E-state index in [-0.39, 0.29) is 28.7 Å². The fraction of sp³-hybridized carbons (Fsp3) is 0.263. The SMILES string of the molecule is COc1ccccc1CNC(=O)C(=O)Nc1ccc(Cl)c(N2CCCS2(=O)=O)c1. The molecule has 2 aromatic rings. The second-order valence-electron chi connectivity index (χ2n) is 6.36. The van der Waals surface area contributed by atoms with E-state index in [1.54, 1.807) is 24.3 Å². The Balaban J connectivity index is 1.67. The Morgan fingerprint density at radius 3 is 2.62 bits per heavy atom. The smallest absolute Gasteiger partial charge is 0.313 e. The largest absolute Gasteiger partial charge is 0.496 e. The molecule has 1 saturated heterocycles. The molecule has 0 radical (unpaired) electrons. The predicted octanol–water partition coefficient (Wildman–Crippen LogP) is 2.14. The number of carbonyl (C=O) groups excluding carboxylic acids is 2. The first kappa shape index (κ1) is 20.9. The van der Waals surface area contributed by atoms with Gasteiger partial charge in [0.2, 0.25) is 10.0 Å². The van der Waals surface area contributed by atoms with E-state index in [1.165, 1.54) is 29.6 Å². The van der Waals surface area contributed by atoms with Gasteiger partial charge in [-0.15, -0.1) is 0 Å². The van der Waals surface area contributed by atoms with Crippen LogP contribution in [0.15, 0.2) is 42.5 Å². The average molecular weight is 438 g/mol. The summed E-state index contributed by atoms with van der Waals surface area (Å²) >= 11 is 6.14. The number of halogens is 1. The van der Waals surface area contributed by atoms with E-state index < -0.39 is 21.8 Å². The Morgan fingerprint density at radius 2 is 1.93 bits per heavy atom. The molecule has 1 heterocycles. The van der Waals surface area contributed by atoms with Gasteiger partial charge in [0.15, 0.2) is 0 Å². The molecule has 1 aliphatic rings. The Morgan fingerprint density at radius 1 is 1.17 bits per heavy atom. The van der Waals surface area contributed by atoms with Gasteiger partial charge in [-0.25, -0.2) is 8.42 Å². The highest BCUT2D eigenvalue weighted by Gasteiger charge is 2.30. The number of nitrogens with one attached hydrogen (secondary N) is 2. The number of anilines is 2. The van der Waals surface area contributed by atoms with E-state index in [4.69, 9.17) is 16.3 Å². The lowest BCUT2D eigenvalue weighted by atomic mass is 10.2.